The predicted octanol–water partition coefficient (Wildman–Crippen LogP) is 5.59. The van der Waals surface area contributed by atoms with Crippen LogP contribution in [-0.2, 0) is 11.2 Å². The first kappa shape index (κ1) is 19.7. The summed E-state index contributed by atoms with van der Waals surface area (Å²) < 4.78 is 5.25. The van der Waals surface area contributed by atoms with Gasteiger partial charge in [0.1, 0.15) is 0 Å². The molecule has 1 rings (SSSR count). The van der Waals surface area contributed by atoms with Gasteiger partial charge in [-0.05, 0) is 30.7 Å². The van der Waals surface area contributed by atoms with Crippen LogP contribution in [0.5, 0.6) is 0 Å². The highest BCUT2D eigenvalue weighted by atomic mass is 32.1. The Labute approximate surface area is 140 Å². The summed E-state index contributed by atoms with van der Waals surface area (Å²) in [4.78, 5) is 1.54. The van der Waals surface area contributed by atoms with Crippen molar-refractivity contribution in [1.29, 1.82) is 0 Å². The molecule has 2 nitrogen and oxygen atoms in total. The maximum atomic E-state index is 8.58. The molecule has 128 valence electrons. The van der Waals surface area contributed by atoms with E-state index in [1.165, 1.54) is 70.6 Å². The molecule has 0 aliphatic carbocycles. The molecule has 3 heteroatoms. The number of aliphatic hydroxyl groups excluding tert-OH is 1. The predicted molar refractivity (Wildman–Crippen MR) is 96.7 cm³/mol. The first-order valence-corrected chi connectivity index (χ1v) is 10.0. The SMILES string of the molecule is OCCOCCCCCCCCCCCCCc1cccs1. The van der Waals surface area contributed by atoms with Crippen LogP contribution in [0.15, 0.2) is 17.5 Å². The lowest BCUT2D eigenvalue weighted by atomic mass is 10.1. The highest BCUT2D eigenvalue weighted by Crippen LogP contribution is 2.15. The third kappa shape index (κ3) is 12.2. The van der Waals surface area contributed by atoms with E-state index in [9.17, 15) is 0 Å². The Morgan fingerprint density at radius 2 is 1.36 bits per heavy atom. The lowest BCUT2D eigenvalue weighted by Crippen LogP contribution is -2.00. The van der Waals surface area contributed by atoms with E-state index in [0.717, 1.165) is 13.0 Å². The molecule has 0 unspecified atom stereocenters. The largest absolute Gasteiger partial charge is 0.394 e. The molecule has 1 N–H and O–H groups in total. The van der Waals surface area contributed by atoms with Crippen molar-refractivity contribution in [3.8, 4) is 0 Å². The van der Waals surface area contributed by atoms with E-state index in [4.69, 9.17) is 9.84 Å². The Hall–Kier alpha value is -0.380. The van der Waals surface area contributed by atoms with Crippen LogP contribution in [0.3, 0.4) is 0 Å². The van der Waals surface area contributed by atoms with Crippen molar-refractivity contribution in [2.75, 3.05) is 19.8 Å². The number of hydrogen-bond acceptors (Lipinski definition) is 3. The van der Waals surface area contributed by atoms with Gasteiger partial charge in [-0.3, -0.25) is 0 Å². The minimum absolute atomic E-state index is 0.147. The molecule has 0 spiro atoms. The zero-order chi connectivity index (χ0) is 15.7. The highest BCUT2D eigenvalue weighted by molar-refractivity contribution is 7.09. The van der Waals surface area contributed by atoms with Gasteiger partial charge in [0, 0.05) is 11.5 Å². The van der Waals surface area contributed by atoms with E-state index < -0.39 is 0 Å². The molecule has 0 aromatic carbocycles. The maximum absolute atomic E-state index is 8.58. The molecule has 0 atom stereocenters. The van der Waals surface area contributed by atoms with Crippen LogP contribution in [0.25, 0.3) is 0 Å². The molecule has 0 radical (unpaired) electrons. The minimum atomic E-state index is 0.147. The van der Waals surface area contributed by atoms with Crippen molar-refractivity contribution >= 4 is 11.3 Å². The van der Waals surface area contributed by atoms with Gasteiger partial charge in [0.2, 0.25) is 0 Å². The molecule has 0 aliphatic rings. The molecule has 0 bridgehead atoms. The number of thiophene rings is 1. The van der Waals surface area contributed by atoms with Crippen LogP contribution < -0.4 is 0 Å². The molecule has 0 aliphatic heterocycles. The number of ether oxygens (including phenoxy) is 1. The highest BCUT2D eigenvalue weighted by Gasteiger charge is 1.96. The van der Waals surface area contributed by atoms with E-state index >= 15 is 0 Å². The quantitative estimate of drug-likeness (QED) is 0.401. The van der Waals surface area contributed by atoms with Crippen molar-refractivity contribution in [3.63, 3.8) is 0 Å². The molecular formula is C19H34O2S. The van der Waals surface area contributed by atoms with Crippen molar-refractivity contribution < 1.29 is 9.84 Å². The van der Waals surface area contributed by atoms with Gasteiger partial charge in [0.15, 0.2) is 0 Å². The van der Waals surface area contributed by atoms with Crippen molar-refractivity contribution in [2.45, 2.75) is 77.0 Å². The second-order valence-electron chi connectivity index (χ2n) is 6.05. The Morgan fingerprint density at radius 1 is 0.773 bits per heavy atom. The molecule has 0 fully saturated rings. The fourth-order valence-corrected chi connectivity index (χ4v) is 3.47. The second-order valence-corrected chi connectivity index (χ2v) is 7.09. The summed E-state index contributed by atoms with van der Waals surface area (Å²) in [6, 6.07) is 4.41. The van der Waals surface area contributed by atoms with E-state index in [-0.39, 0.29) is 6.61 Å². The minimum Gasteiger partial charge on any atom is -0.394 e. The van der Waals surface area contributed by atoms with Crippen LogP contribution in [0, 0.1) is 0 Å². The molecule has 0 saturated carbocycles. The zero-order valence-electron chi connectivity index (χ0n) is 14.1. The second kappa shape index (κ2) is 15.5. The van der Waals surface area contributed by atoms with Gasteiger partial charge < -0.3 is 9.84 Å². The fourth-order valence-electron chi connectivity index (χ4n) is 2.72. The monoisotopic (exact) mass is 326 g/mol. The molecule has 0 amide bonds. The molecule has 1 heterocycles. The summed E-state index contributed by atoms with van der Waals surface area (Å²) >= 11 is 1.89. The summed E-state index contributed by atoms with van der Waals surface area (Å²) in [5.74, 6) is 0. The standard InChI is InChI=1S/C19H34O2S/c20-15-17-21-16-11-9-7-5-3-1-2-4-6-8-10-13-19-14-12-18-22-19/h12,14,18,20H,1-11,13,15-17H2. The third-order valence-electron chi connectivity index (χ3n) is 4.03. The Bertz CT molecular complexity index is 311. The topological polar surface area (TPSA) is 29.5 Å². The van der Waals surface area contributed by atoms with Crippen LogP contribution in [0.2, 0.25) is 0 Å². The lowest BCUT2D eigenvalue weighted by molar-refractivity contribution is 0.0895. The average Bonchev–Trinajstić information content (AvgIpc) is 3.04. The molecule has 22 heavy (non-hydrogen) atoms. The Balaban J connectivity index is 1.68. The first-order valence-electron chi connectivity index (χ1n) is 9.14. The zero-order valence-corrected chi connectivity index (χ0v) is 14.9. The number of aliphatic hydroxyl groups is 1. The van der Waals surface area contributed by atoms with Gasteiger partial charge in [-0.15, -0.1) is 11.3 Å². The molecular weight excluding hydrogens is 292 g/mol. The van der Waals surface area contributed by atoms with E-state index in [0.29, 0.717) is 6.61 Å². The fraction of sp³-hybridized carbons (Fsp3) is 0.789. The molecule has 0 saturated heterocycles. The van der Waals surface area contributed by atoms with Crippen molar-refractivity contribution in [3.05, 3.63) is 22.4 Å². The Morgan fingerprint density at radius 3 is 1.91 bits per heavy atom. The van der Waals surface area contributed by atoms with Crippen molar-refractivity contribution in [2.24, 2.45) is 0 Å². The van der Waals surface area contributed by atoms with E-state index in [1.54, 1.807) is 4.88 Å². The normalized spacial score (nSPS) is 11.1. The van der Waals surface area contributed by atoms with Crippen LogP contribution in [0.1, 0.15) is 75.5 Å². The summed E-state index contributed by atoms with van der Waals surface area (Å²) in [5, 5.41) is 10.8. The lowest BCUT2D eigenvalue weighted by Gasteiger charge is -2.03. The van der Waals surface area contributed by atoms with Gasteiger partial charge >= 0.3 is 0 Å². The van der Waals surface area contributed by atoms with Gasteiger partial charge in [0.05, 0.1) is 13.2 Å². The molecule has 1 aromatic rings. The van der Waals surface area contributed by atoms with E-state index in [2.05, 4.69) is 17.5 Å². The van der Waals surface area contributed by atoms with Crippen LogP contribution >= 0.6 is 11.3 Å². The smallest absolute Gasteiger partial charge is 0.0697 e. The summed E-state index contributed by atoms with van der Waals surface area (Å²) in [5.41, 5.74) is 0. The van der Waals surface area contributed by atoms with Crippen LogP contribution in [-0.4, -0.2) is 24.9 Å². The van der Waals surface area contributed by atoms with Crippen molar-refractivity contribution in [1.82, 2.24) is 0 Å². The number of unbranched alkanes of at least 4 members (excludes halogenated alkanes) is 10. The Kier molecular flexibility index (Phi) is 13.9. The maximum Gasteiger partial charge on any atom is 0.0697 e. The summed E-state index contributed by atoms with van der Waals surface area (Å²) in [6.45, 7) is 1.45. The summed E-state index contributed by atoms with van der Waals surface area (Å²) in [7, 11) is 0. The van der Waals surface area contributed by atoms with Gasteiger partial charge in [-0.2, -0.15) is 0 Å². The van der Waals surface area contributed by atoms with Gasteiger partial charge in [-0.1, -0.05) is 63.9 Å². The van der Waals surface area contributed by atoms with E-state index in [1.807, 2.05) is 11.3 Å². The number of hydrogen-bond donors (Lipinski definition) is 1. The average molecular weight is 327 g/mol. The van der Waals surface area contributed by atoms with Crippen LogP contribution in [0.4, 0.5) is 0 Å². The number of aryl methyl sites for hydroxylation is 1. The number of rotatable bonds is 16. The van der Waals surface area contributed by atoms with Gasteiger partial charge in [0.25, 0.3) is 0 Å². The molecule has 1 aromatic heterocycles. The first-order chi connectivity index (χ1) is 10.9. The third-order valence-corrected chi connectivity index (χ3v) is 4.96. The summed E-state index contributed by atoms with van der Waals surface area (Å²) in [6.07, 6.45) is 16.2. The van der Waals surface area contributed by atoms with Gasteiger partial charge in [-0.25, -0.2) is 0 Å².